The molecule has 3 rings (SSSR count). The Hall–Kier alpha value is -1.08. The summed E-state index contributed by atoms with van der Waals surface area (Å²) in [7, 11) is 0. The van der Waals surface area contributed by atoms with E-state index in [2.05, 4.69) is 17.1 Å². The van der Waals surface area contributed by atoms with E-state index < -0.39 is 0 Å². The molecule has 0 saturated carbocycles. The molecule has 1 aliphatic rings. The molecule has 0 N–H and O–H groups in total. The summed E-state index contributed by atoms with van der Waals surface area (Å²) in [4.78, 5) is 4.18. The molecule has 0 atom stereocenters. The summed E-state index contributed by atoms with van der Waals surface area (Å²) in [6.07, 6.45) is 6.94. The van der Waals surface area contributed by atoms with Crippen LogP contribution in [0.5, 0.6) is 0 Å². The quantitative estimate of drug-likeness (QED) is 0.613. The number of aryl methyl sites for hydroxylation is 2. The van der Waals surface area contributed by atoms with Gasteiger partial charge >= 0.3 is 0 Å². The lowest BCUT2D eigenvalue weighted by Crippen LogP contribution is -2.03. The minimum Gasteiger partial charge on any atom is -0.244 e. The monoisotopic (exact) mass is 217 g/mol. The van der Waals surface area contributed by atoms with Crippen molar-refractivity contribution in [1.82, 2.24) is 4.98 Å². The third-order valence-corrected chi connectivity index (χ3v) is 3.41. The van der Waals surface area contributed by atoms with E-state index in [1.165, 1.54) is 47.6 Å². The van der Waals surface area contributed by atoms with Crippen LogP contribution in [0.3, 0.4) is 0 Å². The molecule has 0 saturated heterocycles. The second-order valence-electron chi connectivity index (χ2n) is 4.14. The number of rotatable bonds is 0. The molecule has 1 heterocycles. The highest BCUT2D eigenvalue weighted by Crippen LogP contribution is 2.29. The molecule has 1 nitrogen and oxygen atoms in total. The first-order chi connectivity index (χ1) is 7.34. The summed E-state index contributed by atoms with van der Waals surface area (Å²) in [5, 5.41) is 3.09. The van der Waals surface area contributed by atoms with E-state index in [0.29, 0.717) is 5.15 Å². The standard InChI is InChI=1S/C13H12ClN/c14-13-7-10-6-5-9-3-1-2-4-11(9)12(10)8-15-13/h5-8H,1-4H2. The summed E-state index contributed by atoms with van der Waals surface area (Å²) in [5.74, 6) is 0. The van der Waals surface area contributed by atoms with E-state index in [0.717, 1.165) is 0 Å². The highest BCUT2D eigenvalue weighted by molar-refractivity contribution is 6.30. The van der Waals surface area contributed by atoms with Crippen LogP contribution in [-0.4, -0.2) is 4.98 Å². The lowest BCUT2D eigenvalue weighted by atomic mass is 9.88. The van der Waals surface area contributed by atoms with Gasteiger partial charge in [-0.2, -0.15) is 0 Å². The minimum atomic E-state index is 0.582. The number of pyridine rings is 1. The number of hydrogen-bond donors (Lipinski definition) is 0. The van der Waals surface area contributed by atoms with E-state index in [1.807, 2.05) is 12.3 Å². The summed E-state index contributed by atoms with van der Waals surface area (Å²) in [5.41, 5.74) is 2.99. The van der Waals surface area contributed by atoms with Crippen LogP contribution >= 0.6 is 11.6 Å². The molecular formula is C13H12ClN. The van der Waals surface area contributed by atoms with Crippen molar-refractivity contribution in [2.45, 2.75) is 25.7 Å². The molecule has 0 radical (unpaired) electrons. The molecule has 0 spiro atoms. The lowest BCUT2D eigenvalue weighted by molar-refractivity contribution is 0.690. The van der Waals surface area contributed by atoms with Gasteiger partial charge in [0.25, 0.3) is 0 Å². The number of nitrogens with zero attached hydrogens (tertiary/aromatic N) is 1. The summed E-state index contributed by atoms with van der Waals surface area (Å²) < 4.78 is 0. The molecule has 0 aliphatic heterocycles. The first kappa shape index (κ1) is 9.17. The second kappa shape index (κ2) is 3.49. The van der Waals surface area contributed by atoms with Crippen molar-refractivity contribution < 1.29 is 0 Å². The third kappa shape index (κ3) is 1.51. The summed E-state index contributed by atoms with van der Waals surface area (Å²) in [6, 6.07) is 6.35. The third-order valence-electron chi connectivity index (χ3n) is 3.20. The number of halogens is 1. The largest absolute Gasteiger partial charge is 0.244 e. The molecule has 2 heteroatoms. The van der Waals surface area contributed by atoms with Gasteiger partial charge < -0.3 is 0 Å². The molecule has 0 bridgehead atoms. The molecule has 0 unspecified atom stereocenters. The van der Waals surface area contributed by atoms with Crippen LogP contribution in [0, 0.1) is 0 Å². The molecule has 1 aromatic carbocycles. The Morgan fingerprint density at radius 3 is 2.93 bits per heavy atom. The van der Waals surface area contributed by atoms with E-state index in [4.69, 9.17) is 11.6 Å². The Labute approximate surface area is 94.1 Å². The zero-order chi connectivity index (χ0) is 10.3. The minimum absolute atomic E-state index is 0.582. The van der Waals surface area contributed by atoms with Crippen LogP contribution < -0.4 is 0 Å². The van der Waals surface area contributed by atoms with E-state index in [1.54, 1.807) is 0 Å². The number of fused-ring (bicyclic) bond motifs is 3. The van der Waals surface area contributed by atoms with Crippen molar-refractivity contribution in [3.63, 3.8) is 0 Å². The fourth-order valence-electron chi connectivity index (χ4n) is 2.44. The smallest absolute Gasteiger partial charge is 0.129 e. The fourth-order valence-corrected chi connectivity index (χ4v) is 2.61. The predicted molar refractivity (Wildman–Crippen MR) is 63.4 cm³/mol. The van der Waals surface area contributed by atoms with Crippen molar-refractivity contribution in [2.75, 3.05) is 0 Å². The molecule has 0 fully saturated rings. The Morgan fingerprint density at radius 1 is 1.13 bits per heavy atom. The first-order valence-electron chi connectivity index (χ1n) is 5.40. The van der Waals surface area contributed by atoms with Crippen molar-refractivity contribution >= 4 is 22.4 Å². The zero-order valence-corrected chi connectivity index (χ0v) is 9.22. The van der Waals surface area contributed by atoms with Gasteiger partial charge in [-0.1, -0.05) is 23.7 Å². The van der Waals surface area contributed by atoms with E-state index in [9.17, 15) is 0 Å². The Balaban J connectivity index is 2.32. The number of benzene rings is 1. The second-order valence-corrected chi connectivity index (χ2v) is 4.53. The summed E-state index contributed by atoms with van der Waals surface area (Å²) >= 11 is 5.89. The van der Waals surface area contributed by atoms with Gasteiger partial charge in [0.1, 0.15) is 5.15 Å². The maximum absolute atomic E-state index is 5.89. The summed E-state index contributed by atoms with van der Waals surface area (Å²) in [6.45, 7) is 0. The van der Waals surface area contributed by atoms with Crippen LogP contribution in [0.2, 0.25) is 5.15 Å². The van der Waals surface area contributed by atoms with Gasteiger partial charge in [0, 0.05) is 11.6 Å². The van der Waals surface area contributed by atoms with Gasteiger partial charge in [-0.3, -0.25) is 0 Å². The maximum atomic E-state index is 5.89. The van der Waals surface area contributed by atoms with Gasteiger partial charge in [0.2, 0.25) is 0 Å². The average molecular weight is 218 g/mol. The van der Waals surface area contributed by atoms with Gasteiger partial charge in [-0.15, -0.1) is 0 Å². The van der Waals surface area contributed by atoms with Gasteiger partial charge in [-0.25, -0.2) is 4.98 Å². The molecule has 76 valence electrons. The average Bonchev–Trinajstić information content (AvgIpc) is 2.28. The van der Waals surface area contributed by atoms with Crippen molar-refractivity contribution in [3.05, 3.63) is 40.7 Å². The van der Waals surface area contributed by atoms with Gasteiger partial charge in [0.05, 0.1) is 0 Å². The SMILES string of the molecule is Clc1cc2ccc3c(c2cn1)CCCC3. The van der Waals surface area contributed by atoms with Crippen LogP contribution in [-0.2, 0) is 12.8 Å². The molecular weight excluding hydrogens is 206 g/mol. The van der Waals surface area contributed by atoms with Crippen LogP contribution in [0.25, 0.3) is 10.8 Å². The van der Waals surface area contributed by atoms with E-state index >= 15 is 0 Å². The zero-order valence-electron chi connectivity index (χ0n) is 8.46. The highest BCUT2D eigenvalue weighted by atomic mass is 35.5. The molecule has 1 aliphatic carbocycles. The predicted octanol–water partition coefficient (Wildman–Crippen LogP) is 3.77. The maximum Gasteiger partial charge on any atom is 0.129 e. The van der Waals surface area contributed by atoms with Crippen LogP contribution in [0.1, 0.15) is 24.0 Å². The van der Waals surface area contributed by atoms with Crippen molar-refractivity contribution in [3.8, 4) is 0 Å². The molecule has 2 aromatic rings. The first-order valence-corrected chi connectivity index (χ1v) is 5.78. The normalized spacial score (nSPS) is 15.3. The van der Waals surface area contributed by atoms with Crippen molar-refractivity contribution in [1.29, 1.82) is 0 Å². The Kier molecular flexibility index (Phi) is 2.14. The number of aromatic nitrogens is 1. The Morgan fingerprint density at radius 2 is 2.00 bits per heavy atom. The molecule has 0 amide bonds. The lowest BCUT2D eigenvalue weighted by Gasteiger charge is -2.17. The van der Waals surface area contributed by atoms with Gasteiger partial charge in [-0.05, 0) is 48.3 Å². The van der Waals surface area contributed by atoms with Crippen molar-refractivity contribution in [2.24, 2.45) is 0 Å². The Bertz CT molecular complexity index is 519. The van der Waals surface area contributed by atoms with Crippen LogP contribution in [0.15, 0.2) is 24.4 Å². The molecule has 1 aromatic heterocycles. The highest BCUT2D eigenvalue weighted by Gasteiger charge is 2.12. The molecule has 15 heavy (non-hydrogen) atoms. The number of hydrogen-bond acceptors (Lipinski definition) is 1. The van der Waals surface area contributed by atoms with Gasteiger partial charge in [0.15, 0.2) is 0 Å². The van der Waals surface area contributed by atoms with E-state index in [-0.39, 0.29) is 0 Å². The van der Waals surface area contributed by atoms with Crippen LogP contribution in [0.4, 0.5) is 0 Å². The topological polar surface area (TPSA) is 12.9 Å². The fraction of sp³-hybridized carbons (Fsp3) is 0.308.